The Morgan fingerprint density at radius 1 is 0.967 bits per heavy atom. The van der Waals surface area contributed by atoms with Gasteiger partial charge in [0.2, 0.25) is 5.91 Å². The van der Waals surface area contributed by atoms with Crippen molar-refractivity contribution in [2.24, 2.45) is 0 Å². The fourth-order valence-electron chi connectivity index (χ4n) is 2.53. The van der Waals surface area contributed by atoms with Crippen LogP contribution in [0.2, 0.25) is 5.02 Å². The molecule has 2 amide bonds. The first kappa shape index (κ1) is 23.2. The summed E-state index contributed by atoms with van der Waals surface area (Å²) in [7, 11) is 1.47. The Balaban J connectivity index is 1.98. The van der Waals surface area contributed by atoms with E-state index < -0.39 is 11.7 Å². The van der Waals surface area contributed by atoms with Gasteiger partial charge in [0.25, 0.3) is 0 Å². The second kappa shape index (κ2) is 10.1. The maximum atomic E-state index is 12.3. The molecule has 30 heavy (non-hydrogen) atoms. The number of Topliss-reactive ketones (excluding diaryl/α,β-unsaturated/α-hetero) is 1. The van der Waals surface area contributed by atoms with Crippen LogP contribution in [0.4, 0.5) is 16.2 Å². The van der Waals surface area contributed by atoms with E-state index in [0.717, 1.165) is 0 Å². The van der Waals surface area contributed by atoms with E-state index in [1.807, 2.05) is 0 Å². The number of amides is 2. The minimum atomic E-state index is -0.653. The lowest BCUT2D eigenvalue weighted by atomic mass is 10.1. The molecule has 0 heterocycles. The van der Waals surface area contributed by atoms with Crippen LogP contribution in [-0.2, 0) is 9.53 Å². The summed E-state index contributed by atoms with van der Waals surface area (Å²) in [5, 5.41) is 5.86. The van der Waals surface area contributed by atoms with Crippen LogP contribution in [0, 0.1) is 0 Å². The molecule has 0 aliphatic carbocycles. The summed E-state index contributed by atoms with van der Waals surface area (Å²) in [5.74, 6) is -0.0636. The van der Waals surface area contributed by atoms with Crippen LogP contribution >= 0.6 is 11.6 Å². The van der Waals surface area contributed by atoms with E-state index in [1.165, 1.54) is 7.11 Å². The van der Waals surface area contributed by atoms with E-state index in [-0.39, 0.29) is 24.5 Å². The van der Waals surface area contributed by atoms with Gasteiger partial charge in [0.15, 0.2) is 5.78 Å². The van der Waals surface area contributed by atoms with E-state index in [9.17, 15) is 14.4 Å². The predicted molar refractivity (Wildman–Crippen MR) is 116 cm³/mol. The Morgan fingerprint density at radius 2 is 1.63 bits per heavy atom. The van der Waals surface area contributed by atoms with Crippen molar-refractivity contribution in [2.75, 3.05) is 17.7 Å². The van der Waals surface area contributed by atoms with Crippen LogP contribution in [0.1, 0.15) is 44.0 Å². The predicted octanol–water partition coefficient (Wildman–Crippen LogP) is 5.30. The molecule has 2 aromatic rings. The highest BCUT2D eigenvalue weighted by Crippen LogP contribution is 2.28. The third-order valence-electron chi connectivity index (χ3n) is 3.86. The molecule has 8 heteroatoms. The number of ether oxygens (including phenoxy) is 2. The second-order valence-corrected chi connectivity index (χ2v) is 7.96. The van der Waals surface area contributed by atoms with Gasteiger partial charge in [-0.25, -0.2) is 4.79 Å². The molecule has 0 aromatic heterocycles. The molecule has 0 saturated heterocycles. The number of benzene rings is 2. The van der Waals surface area contributed by atoms with E-state index in [4.69, 9.17) is 21.1 Å². The first-order valence-corrected chi connectivity index (χ1v) is 9.72. The number of halogens is 1. The summed E-state index contributed by atoms with van der Waals surface area (Å²) < 4.78 is 10.5. The molecular formula is C22H25ClN2O5. The summed E-state index contributed by atoms with van der Waals surface area (Å²) >= 11 is 5.81. The molecule has 2 aromatic carbocycles. The zero-order valence-electron chi connectivity index (χ0n) is 17.4. The van der Waals surface area contributed by atoms with Crippen molar-refractivity contribution >= 4 is 40.8 Å². The van der Waals surface area contributed by atoms with E-state index in [1.54, 1.807) is 63.2 Å². The minimum absolute atomic E-state index is 0.0162. The van der Waals surface area contributed by atoms with Gasteiger partial charge in [-0.15, -0.1) is 0 Å². The highest BCUT2D eigenvalue weighted by molar-refractivity contribution is 6.30. The summed E-state index contributed by atoms with van der Waals surface area (Å²) in [4.78, 5) is 36.5. The first-order chi connectivity index (χ1) is 14.1. The van der Waals surface area contributed by atoms with Gasteiger partial charge >= 0.3 is 6.09 Å². The molecule has 2 rings (SSSR count). The van der Waals surface area contributed by atoms with E-state index in [0.29, 0.717) is 27.7 Å². The molecule has 7 nitrogen and oxygen atoms in total. The van der Waals surface area contributed by atoms with Gasteiger partial charge in [-0.3, -0.25) is 14.9 Å². The number of rotatable bonds is 7. The minimum Gasteiger partial charge on any atom is -0.495 e. The van der Waals surface area contributed by atoms with Crippen LogP contribution in [0.3, 0.4) is 0 Å². The fourth-order valence-corrected chi connectivity index (χ4v) is 2.65. The Kier molecular flexibility index (Phi) is 7.83. The third-order valence-corrected chi connectivity index (χ3v) is 4.12. The number of ketones is 1. The fraction of sp³-hybridized carbons (Fsp3) is 0.318. The molecule has 0 fully saturated rings. The lowest BCUT2D eigenvalue weighted by Crippen LogP contribution is -2.27. The maximum absolute atomic E-state index is 12.3. The van der Waals surface area contributed by atoms with Crippen LogP contribution in [0.5, 0.6) is 5.75 Å². The smallest absolute Gasteiger partial charge is 0.412 e. The number of carbonyl (C=O) groups is 3. The van der Waals surface area contributed by atoms with Gasteiger partial charge in [0.05, 0.1) is 12.8 Å². The zero-order valence-corrected chi connectivity index (χ0v) is 18.1. The average Bonchev–Trinajstić information content (AvgIpc) is 2.65. The van der Waals surface area contributed by atoms with Crippen LogP contribution in [0.15, 0.2) is 42.5 Å². The van der Waals surface area contributed by atoms with Gasteiger partial charge in [-0.2, -0.15) is 0 Å². The molecule has 0 radical (unpaired) electrons. The largest absolute Gasteiger partial charge is 0.495 e. The first-order valence-electron chi connectivity index (χ1n) is 9.34. The monoisotopic (exact) mass is 432 g/mol. The highest BCUT2D eigenvalue weighted by Gasteiger charge is 2.18. The number of methoxy groups -OCH3 is 1. The van der Waals surface area contributed by atoms with Crippen molar-refractivity contribution in [3.05, 3.63) is 53.1 Å². The molecule has 0 aliphatic heterocycles. The Bertz CT molecular complexity index is 920. The lowest BCUT2D eigenvalue weighted by Gasteiger charge is -2.20. The summed E-state index contributed by atoms with van der Waals surface area (Å²) in [5.41, 5.74) is 0.646. The molecule has 160 valence electrons. The van der Waals surface area contributed by atoms with Gasteiger partial charge in [0, 0.05) is 29.1 Å². The Labute approximate surface area is 180 Å². The maximum Gasteiger partial charge on any atom is 0.412 e. The van der Waals surface area contributed by atoms with Gasteiger partial charge in [-0.05, 0) is 63.2 Å². The van der Waals surface area contributed by atoms with Gasteiger partial charge < -0.3 is 14.8 Å². The molecular weight excluding hydrogens is 408 g/mol. The molecule has 0 atom stereocenters. The quantitative estimate of drug-likeness (QED) is 0.579. The summed E-state index contributed by atoms with van der Waals surface area (Å²) in [6.07, 6.45) is -0.563. The van der Waals surface area contributed by atoms with Gasteiger partial charge in [0.1, 0.15) is 11.4 Å². The van der Waals surface area contributed by atoms with Crippen molar-refractivity contribution in [1.82, 2.24) is 0 Å². The number of anilines is 2. The average molecular weight is 433 g/mol. The van der Waals surface area contributed by atoms with Crippen molar-refractivity contribution in [1.29, 1.82) is 0 Å². The number of nitrogens with one attached hydrogen (secondary N) is 2. The van der Waals surface area contributed by atoms with Crippen molar-refractivity contribution in [3.8, 4) is 5.75 Å². The van der Waals surface area contributed by atoms with Crippen molar-refractivity contribution in [3.63, 3.8) is 0 Å². The standard InChI is InChI=1S/C22H25ClN2O5/c1-22(2,3)30-21(28)25-17-13-16(9-11-19(17)29-4)24-20(27)12-10-18(26)14-5-7-15(23)8-6-14/h5-9,11,13H,10,12H2,1-4H3,(H,24,27)(H,25,28). The SMILES string of the molecule is COc1ccc(NC(=O)CCC(=O)c2ccc(Cl)cc2)cc1NC(=O)OC(C)(C)C. The molecule has 0 bridgehead atoms. The number of carbonyl (C=O) groups excluding carboxylic acids is 3. The Morgan fingerprint density at radius 3 is 2.23 bits per heavy atom. The molecule has 0 saturated carbocycles. The molecule has 0 spiro atoms. The van der Waals surface area contributed by atoms with Crippen LogP contribution < -0.4 is 15.4 Å². The normalized spacial score (nSPS) is 10.8. The van der Waals surface area contributed by atoms with Crippen LogP contribution in [-0.4, -0.2) is 30.5 Å². The topological polar surface area (TPSA) is 93.7 Å². The lowest BCUT2D eigenvalue weighted by molar-refractivity contribution is -0.116. The molecule has 0 unspecified atom stereocenters. The molecule has 0 aliphatic rings. The highest BCUT2D eigenvalue weighted by atomic mass is 35.5. The summed E-state index contributed by atoms with van der Waals surface area (Å²) in [6.45, 7) is 5.27. The summed E-state index contributed by atoms with van der Waals surface area (Å²) in [6, 6.07) is 11.3. The zero-order chi connectivity index (χ0) is 22.3. The molecule has 2 N–H and O–H groups in total. The van der Waals surface area contributed by atoms with Crippen molar-refractivity contribution < 1.29 is 23.9 Å². The van der Waals surface area contributed by atoms with Gasteiger partial charge in [-0.1, -0.05) is 11.6 Å². The number of hydrogen-bond acceptors (Lipinski definition) is 5. The Hall–Kier alpha value is -3.06. The van der Waals surface area contributed by atoms with Crippen LogP contribution in [0.25, 0.3) is 0 Å². The second-order valence-electron chi connectivity index (χ2n) is 7.52. The van der Waals surface area contributed by atoms with E-state index in [2.05, 4.69) is 10.6 Å². The van der Waals surface area contributed by atoms with E-state index >= 15 is 0 Å². The van der Waals surface area contributed by atoms with Crippen molar-refractivity contribution in [2.45, 2.75) is 39.2 Å². The third kappa shape index (κ3) is 7.40. The number of hydrogen-bond donors (Lipinski definition) is 2.